The van der Waals surface area contributed by atoms with Crippen molar-refractivity contribution in [1.82, 2.24) is 0 Å². The number of ketones is 2. The molecule has 68 valence electrons. The minimum atomic E-state index is -0.0483. The van der Waals surface area contributed by atoms with Crippen molar-refractivity contribution >= 4 is 11.6 Å². The maximum absolute atomic E-state index is 11.5. The van der Waals surface area contributed by atoms with Crippen LogP contribution >= 0.6 is 0 Å². The van der Waals surface area contributed by atoms with Gasteiger partial charge in [-0.25, -0.2) is 0 Å². The van der Waals surface area contributed by atoms with Crippen molar-refractivity contribution in [1.29, 1.82) is 0 Å². The Hall–Kier alpha value is -0.660. The molecule has 1 saturated carbocycles. The van der Waals surface area contributed by atoms with E-state index >= 15 is 0 Å². The summed E-state index contributed by atoms with van der Waals surface area (Å²) in [5.74, 6) is 0.652. The average Bonchev–Trinajstić information content (AvgIpc) is 1.81. The highest BCUT2D eigenvalue weighted by Gasteiger charge is 2.28. The van der Waals surface area contributed by atoms with Gasteiger partial charge in [-0.05, 0) is 19.8 Å². The van der Waals surface area contributed by atoms with Gasteiger partial charge in [0.05, 0.1) is 0 Å². The van der Waals surface area contributed by atoms with Gasteiger partial charge in [-0.3, -0.25) is 4.79 Å². The van der Waals surface area contributed by atoms with E-state index < -0.39 is 0 Å². The van der Waals surface area contributed by atoms with E-state index in [0.717, 1.165) is 12.8 Å². The van der Waals surface area contributed by atoms with Crippen LogP contribution < -0.4 is 0 Å². The Kier molecular flexibility index (Phi) is 3.01. The Morgan fingerprint density at radius 2 is 2.00 bits per heavy atom. The van der Waals surface area contributed by atoms with Crippen molar-refractivity contribution in [3.05, 3.63) is 0 Å². The van der Waals surface area contributed by atoms with E-state index in [2.05, 4.69) is 0 Å². The molecule has 12 heavy (non-hydrogen) atoms. The van der Waals surface area contributed by atoms with Crippen molar-refractivity contribution in [2.24, 2.45) is 11.8 Å². The SMILES string of the molecule is CC(=O)CC(C)C(=O)C1CCC1. The van der Waals surface area contributed by atoms with Crippen LogP contribution in [-0.2, 0) is 9.59 Å². The molecular formula is C10H16O2. The summed E-state index contributed by atoms with van der Waals surface area (Å²) in [5.41, 5.74) is 0. The summed E-state index contributed by atoms with van der Waals surface area (Å²) in [6.07, 6.45) is 3.70. The molecule has 0 amide bonds. The molecule has 0 aromatic carbocycles. The fourth-order valence-electron chi connectivity index (χ4n) is 1.63. The van der Waals surface area contributed by atoms with Crippen LogP contribution in [-0.4, -0.2) is 11.6 Å². The highest BCUT2D eigenvalue weighted by Crippen LogP contribution is 2.30. The van der Waals surface area contributed by atoms with E-state index in [1.165, 1.54) is 6.42 Å². The zero-order valence-electron chi connectivity index (χ0n) is 7.80. The summed E-state index contributed by atoms with van der Waals surface area (Å²) in [6.45, 7) is 3.41. The molecule has 0 aromatic heterocycles. The van der Waals surface area contributed by atoms with Gasteiger partial charge >= 0.3 is 0 Å². The lowest BCUT2D eigenvalue weighted by Gasteiger charge is -2.26. The summed E-state index contributed by atoms with van der Waals surface area (Å²) in [6, 6.07) is 0. The van der Waals surface area contributed by atoms with Gasteiger partial charge in [-0.1, -0.05) is 13.3 Å². The van der Waals surface area contributed by atoms with Crippen LogP contribution in [0.25, 0.3) is 0 Å². The average molecular weight is 168 g/mol. The molecule has 0 spiro atoms. The number of carbonyl (C=O) groups excluding carboxylic acids is 2. The molecule has 0 saturated heterocycles. The highest BCUT2D eigenvalue weighted by atomic mass is 16.1. The van der Waals surface area contributed by atoms with Crippen LogP contribution in [0.3, 0.4) is 0 Å². The first-order valence-electron chi connectivity index (χ1n) is 4.64. The van der Waals surface area contributed by atoms with Crippen molar-refractivity contribution in [3.63, 3.8) is 0 Å². The van der Waals surface area contributed by atoms with Gasteiger partial charge in [0.2, 0.25) is 0 Å². The van der Waals surface area contributed by atoms with Crippen LogP contribution in [0.4, 0.5) is 0 Å². The second-order valence-electron chi connectivity index (χ2n) is 3.84. The number of hydrogen-bond acceptors (Lipinski definition) is 2. The summed E-state index contributed by atoms with van der Waals surface area (Å²) in [4.78, 5) is 22.2. The largest absolute Gasteiger partial charge is 0.300 e. The third-order valence-electron chi connectivity index (χ3n) is 2.59. The molecule has 2 nitrogen and oxygen atoms in total. The maximum Gasteiger partial charge on any atom is 0.139 e. The van der Waals surface area contributed by atoms with E-state index in [0.29, 0.717) is 12.2 Å². The van der Waals surface area contributed by atoms with Crippen molar-refractivity contribution < 1.29 is 9.59 Å². The highest BCUT2D eigenvalue weighted by molar-refractivity contribution is 5.88. The van der Waals surface area contributed by atoms with E-state index in [1.54, 1.807) is 6.92 Å². The quantitative estimate of drug-likeness (QED) is 0.643. The third kappa shape index (κ3) is 2.16. The molecule has 0 bridgehead atoms. The molecule has 1 rings (SSSR count). The number of Topliss-reactive ketones (excluding diaryl/α,β-unsaturated/α-hetero) is 2. The molecular weight excluding hydrogens is 152 g/mol. The lowest BCUT2D eigenvalue weighted by molar-refractivity contribution is -0.131. The maximum atomic E-state index is 11.5. The minimum absolute atomic E-state index is 0.0483. The molecule has 0 aliphatic heterocycles. The second kappa shape index (κ2) is 3.83. The Morgan fingerprint density at radius 1 is 1.42 bits per heavy atom. The zero-order valence-corrected chi connectivity index (χ0v) is 7.80. The van der Waals surface area contributed by atoms with Crippen LogP contribution in [0.1, 0.15) is 39.5 Å². The molecule has 1 unspecified atom stereocenters. The predicted molar refractivity (Wildman–Crippen MR) is 46.8 cm³/mol. The second-order valence-corrected chi connectivity index (χ2v) is 3.84. The Morgan fingerprint density at radius 3 is 2.33 bits per heavy atom. The number of rotatable bonds is 4. The van der Waals surface area contributed by atoms with Gasteiger partial charge in [-0.15, -0.1) is 0 Å². The fraction of sp³-hybridized carbons (Fsp3) is 0.800. The van der Waals surface area contributed by atoms with Crippen molar-refractivity contribution in [3.8, 4) is 0 Å². The first kappa shape index (κ1) is 9.43. The van der Waals surface area contributed by atoms with E-state index in [-0.39, 0.29) is 17.6 Å². The predicted octanol–water partition coefficient (Wildman–Crippen LogP) is 1.97. The van der Waals surface area contributed by atoms with Gasteiger partial charge in [0, 0.05) is 18.3 Å². The summed E-state index contributed by atoms with van der Waals surface area (Å²) >= 11 is 0. The van der Waals surface area contributed by atoms with Crippen LogP contribution in [0.2, 0.25) is 0 Å². The Labute approximate surface area is 73.3 Å². The molecule has 1 aliphatic carbocycles. The van der Waals surface area contributed by atoms with Crippen LogP contribution in [0.5, 0.6) is 0 Å². The minimum Gasteiger partial charge on any atom is -0.300 e. The molecule has 0 radical (unpaired) electrons. The summed E-state index contributed by atoms with van der Waals surface area (Å²) in [5, 5.41) is 0. The standard InChI is InChI=1S/C10H16O2/c1-7(6-8(2)11)10(12)9-4-3-5-9/h7,9H,3-6H2,1-2H3. The molecule has 2 heteroatoms. The Bertz CT molecular complexity index is 192. The molecule has 0 N–H and O–H groups in total. The monoisotopic (exact) mass is 168 g/mol. The first-order chi connectivity index (χ1) is 5.61. The zero-order chi connectivity index (χ0) is 9.14. The fourth-order valence-corrected chi connectivity index (χ4v) is 1.63. The van der Waals surface area contributed by atoms with E-state index in [9.17, 15) is 9.59 Å². The van der Waals surface area contributed by atoms with Gasteiger partial charge in [0.15, 0.2) is 0 Å². The van der Waals surface area contributed by atoms with Crippen LogP contribution in [0.15, 0.2) is 0 Å². The van der Waals surface area contributed by atoms with Gasteiger partial charge in [-0.2, -0.15) is 0 Å². The topological polar surface area (TPSA) is 34.1 Å². The molecule has 1 atom stereocenters. The van der Waals surface area contributed by atoms with E-state index in [4.69, 9.17) is 0 Å². The van der Waals surface area contributed by atoms with E-state index in [1.807, 2.05) is 6.92 Å². The van der Waals surface area contributed by atoms with Crippen LogP contribution in [0, 0.1) is 11.8 Å². The Balaban J connectivity index is 2.34. The summed E-state index contributed by atoms with van der Waals surface area (Å²) in [7, 11) is 0. The number of hydrogen-bond donors (Lipinski definition) is 0. The number of carbonyl (C=O) groups is 2. The van der Waals surface area contributed by atoms with Crippen molar-refractivity contribution in [2.45, 2.75) is 39.5 Å². The van der Waals surface area contributed by atoms with Gasteiger partial charge < -0.3 is 4.79 Å². The molecule has 0 heterocycles. The molecule has 0 aromatic rings. The first-order valence-corrected chi connectivity index (χ1v) is 4.64. The van der Waals surface area contributed by atoms with Gasteiger partial charge in [0.1, 0.15) is 11.6 Å². The summed E-state index contributed by atoms with van der Waals surface area (Å²) < 4.78 is 0. The molecule has 1 aliphatic rings. The lowest BCUT2D eigenvalue weighted by atomic mass is 9.77. The van der Waals surface area contributed by atoms with Gasteiger partial charge in [0.25, 0.3) is 0 Å². The third-order valence-corrected chi connectivity index (χ3v) is 2.59. The lowest BCUT2D eigenvalue weighted by Crippen LogP contribution is -2.28. The van der Waals surface area contributed by atoms with Crippen molar-refractivity contribution in [2.75, 3.05) is 0 Å². The molecule has 1 fully saturated rings. The normalized spacial score (nSPS) is 19.8. The smallest absolute Gasteiger partial charge is 0.139 e.